The maximum absolute atomic E-state index is 14.3. The van der Waals surface area contributed by atoms with Crippen LogP contribution in [0.5, 0.6) is 17.2 Å². The van der Waals surface area contributed by atoms with Crippen LogP contribution in [0.15, 0.2) is 46.6 Å². The van der Waals surface area contributed by atoms with Crippen molar-refractivity contribution in [3.05, 3.63) is 57.8 Å². The van der Waals surface area contributed by atoms with Gasteiger partial charge in [-0.15, -0.1) is 11.8 Å². The van der Waals surface area contributed by atoms with E-state index in [1.165, 1.54) is 20.3 Å². The average molecular weight is 685 g/mol. The van der Waals surface area contributed by atoms with Crippen molar-refractivity contribution in [2.24, 2.45) is 5.92 Å². The minimum atomic E-state index is -1.96. The third-order valence-corrected chi connectivity index (χ3v) is 10.5. The first-order valence-corrected chi connectivity index (χ1v) is 17.5. The van der Waals surface area contributed by atoms with Crippen LogP contribution < -0.4 is 19.5 Å². The summed E-state index contributed by atoms with van der Waals surface area (Å²) in [5.74, 6) is -2.95. The normalized spacial score (nSPS) is 21.8. The Bertz CT molecular complexity index is 1590. The van der Waals surface area contributed by atoms with Crippen LogP contribution in [0.2, 0.25) is 5.02 Å². The molecule has 1 aliphatic carbocycles. The molecule has 2 aliphatic heterocycles. The number of nitrogens with zero attached hydrogens (tertiary/aromatic N) is 1. The summed E-state index contributed by atoms with van der Waals surface area (Å²) in [5.41, 5.74) is -1.32. The number of carbonyl (C=O) groups excluding carboxylic acids is 4. The van der Waals surface area contributed by atoms with Gasteiger partial charge in [0, 0.05) is 67.3 Å². The fourth-order valence-electron chi connectivity index (χ4n) is 6.79. The fourth-order valence-corrected chi connectivity index (χ4v) is 7.46. The summed E-state index contributed by atoms with van der Waals surface area (Å²) in [6.45, 7) is 3.29. The zero-order valence-electron chi connectivity index (χ0n) is 27.2. The first kappa shape index (κ1) is 34.6. The second-order valence-corrected chi connectivity index (χ2v) is 13.4. The Hall–Kier alpha value is -3.70. The third kappa shape index (κ3) is 6.56. The molecule has 10 nitrogen and oxygen atoms in total. The van der Waals surface area contributed by atoms with Crippen LogP contribution in [0.4, 0.5) is 0 Å². The number of carbonyl (C=O) groups is 4. The van der Waals surface area contributed by atoms with Crippen LogP contribution in [0.25, 0.3) is 0 Å². The first-order chi connectivity index (χ1) is 22.6. The van der Waals surface area contributed by atoms with E-state index < -0.39 is 29.0 Å². The van der Waals surface area contributed by atoms with Gasteiger partial charge in [0.15, 0.2) is 17.3 Å². The van der Waals surface area contributed by atoms with E-state index in [2.05, 4.69) is 5.32 Å². The van der Waals surface area contributed by atoms with Gasteiger partial charge >= 0.3 is 0 Å². The molecule has 2 aromatic rings. The fraction of sp³-hybridized carbons (Fsp3) is 0.486. The number of hydrogen-bond donors (Lipinski definition) is 2. The molecule has 2 heterocycles. The van der Waals surface area contributed by atoms with E-state index in [4.69, 9.17) is 25.8 Å². The number of methoxy groups -OCH3 is 2. The van der Waals surface area contributed by atoms with E-state index in [1.807, 2.05) is 35.4 Å². The van der Waals surface area contributed by atoms with Gasteiger partial charge in [0.05, 0.1) is 14.2 Å². The molecule has 2 aromatic carbocycles. The van der Waals surface area contributed by atoms with Crippen molar-refractivity contribution in [2.45, 2.75) is 68.3 Å². The summed E-state index contributed by atoms with van der Waals surface area (Å²) in [4.78, 5) is 56.7. The van der Waals surface area contributed by atoms with Gasteiger partial charge < -0.3 is 29.5 Å². The predicted molar refractivity (Wildman–Crippen MR) is 179 cm³/mol. The van der Waals surface area contributed by atoms with Gasteiger partial charge in [0.1, 0.15) is 22.1 Å². The molecule has 0 saturated carbocycles. The molecular weight excluding hydrogens is 644 g/mol. The Morgan fingerprint density at radius 3 is 2.55 bits per heavy atom. The number of aliphatic hydroxyl groups is 1. The zero-order chi connectivity index (χ0) is 33.9. The second kappa shape index (κ2) is 14.6. The highest BCUT2D eigenvalue weighted by atomic mass is 35.5. The number of halogens is 1. The van der Waals surface area contributed by atoms with Gasteiger partial charge in [-0.05, 0) is 43.2 Å². The Balaban J connectivity index is 1.47. The van der Waals surface area contributed by atoms with Crippen LogP contribution in [0, 0.1) is 5.92 Å². The van der Waals surface area contributed by atoms with Gasteiger partial charge in [-0.2, -0.15) is 0 Å². The molecule has 3 unspecified atom stereocenters. The Kier molecular flexibility index (Phi) is 10.8. The van der Waals surface area contributed by atoms with E-state index in [0.717, 1.165) is 30.7 Å². The topological polar surface area (TPSA) is 131 Å². The molecule has 252 valence electrons. The molecular formula is C35H41ClN2O8S. The van der Waals surface area contributed by atoms with Crippen molar-refractivity contribution >= 4 is 46.7 Å². The predicted octanol–water partition coefficient (Wildman–Crippen LogP) is 5.90. The molecule has 1 fully saturated rings. The smallest absolute Gasteiger partial charge is 0.231 e. The van der Waals surface area contributed by atoms with Gasteiger partial charge in [-0.25, -0.2) is 0 Å². The van der Waals surface area contributed by atoms with E-state index in [0.29, 0.717) is 31.5 Å². The number of ether oxygens (including phenoxy) is 3. The Labute approximate surface area is 284 Å². The molecule has 0 bridgehead atoms. The van der Waals surface area contributed by atoms with Crippen molar-refractivity contribution in [3.63, 3.8) is 0 Å². The minimum Gasteiger partial charge on any atom is -0.507 e. The molecule has 12 heteroatoms. The van der Waals surface area contributed by atoms with Crippen molar-refractivity contribution < 1.29 is 38.5 Å². The summed E-state index contributed by atoms with van der Waals surface area (Å²) < 4.78 is 17.2. The molecule has 47 heavy (non-hydrogen) atoms. The molecule has 5 rings (SSSR count). The molecule has 3 aliphatic rings. The van der Waals surface area contributed by atoms with Crippen LogP contribution in [0.3, 0.4) is 0 Å². The van der Waals surface area contributed by atoms with Crippen LogP contribution in [0.1, 0.15) is 73.7 Å². The van der Waals surface area contributed by atoms with Crippen LogP contribution in [-0.2, 0) is 14.4 Å². The maximum Gasteiger partial charge on any atom is 0.231 e. The van der Waals surface area contributed by atoms with Crippen molar-refractivity contribution in [3.8, 4) is 17.2 Å². The summed E-state index contributed by atoms with van der Waals surface area (Å²) in [7, 11) is 2.82. The number of aliphatic hydroxyl groups excluding tert-OH is 1. The average Bonchev–Trinajstić information content (AvgIpc) is 3.23. The van der Waals surface area contributed by atoms with E-state index in [9.17, 15) is 24.3 Å². The lowest BCUT2D eigenvalue weighted by Gasteiger charge is -2.38. The van der Waals surface area contributed by atoms with Gasteiger partial charge in [-0.1, -0.05) is 37.1 Å². The number of Topliss-reactive ketones (excluding diaryl/α,β-unsaturated/α-hetero) is 2. The number of amides is 2. The second-order valence-electron chi connectivity index (χ2n) is 12.2. The summed E-state index contributed by atoms with van der Waals surface area (Å²) >= 11 is 8.14. The number of hydrogen-bond acceptors (Lipinski definition) is 9. The number of nitrogens with one attached hydrogen (secondary N) is 1. The Morgan fingerprint density at radius 2 is 1.87 bits per heavy atom. The quantitative estimate of drug-likeness (QED) is 0.220. The first-order valence-electron chi connectivity index (χ1n) is 15.9. The summed E-state index contributed by atoms with van der Waals surface area (Å²) in [6, 6.07) is 8.89. The monoisotopic (exact) mass is 684 g/mol. The lowest BCUT2D eigenvalue weighted by atomic mass is 9.69. The van der Waals surface area contributed by atoms with Gasteiger partial charge in [0.25, 0.3) is 0 Å². The number of benzene rings is 2. The zero-order valence-corrected chi connectivity index (χ0v) is 28.7. The maximum atomic E-state index is 14.3. The molecule has 2 N–H and O–H groups in total. The van der Waals surface area contributed by atoms with Crippen molar-refractivity contribution in [1.29, 1.82) is 0 Å². The number of fused-ring (bicyclic) bond motifs is 1. The third-order valence-electron chi connectivity index (χ3n) is 9.37. The summed E-state index contributed by atoms with van der Waals surface area (Å²) in [5, 5.41) is 15.0. The molecule has 1 spiro atoms. The van der Waals surface area contributed by atoms with Crippen molar-refractivity contribution in [1.82, 2.24) is 10.2 Å². The SMILES string of the molecule is COc1cc(OC)c2c(c1Cl)OC1(C2=O)C(O)=C(C(CC(=O)NCCCN2CCCCCC2=O)c2ccc(SC)cc2)C(=O)CC1C. The van der Waals surface area contributed by atoms with E-state index in [-0.39, 0.29) is 63.8 Å². The Morgan fingerprint density at radius 1 is 1.15 bits per heavy atom. The number of allylic oxidation sites excluding steroid dienone is 1. The number of rotatable bonds is 11. The number of ketones is 2. The molecule has 0 radical (unpaired) electrons. The number of thioether (sulfide) groups is 1. The molecule has 3 atom stereocenters. The van der Waals surface area contributed by atoms with Crippen LogP contribution in [-0.4, -0.2) is 79.1 Å². The van der Waals surface area contributed by atoms with Crippen molar-refractivity contribution in [2.75, 3.05) is 40.1 Å². The highest BCUT2D eigenvalue weighted by Crippen LogP contribution is 2.55. The minimum absolute atomic E-state index is 0.00136. The highest BCUT2D eigenvalue weighted by molar-refractivity contribution is 7.98. The number of likely N-dealkylation sites (tertiary alicyclic amines) is 1. The molecule has 2 amide bonds. The van der Waals surface area contributed by atoms with E-state index >= 15 is 0 Å². The van der Waals surface area contributed by atoms with Gasteiger partial charge in [0.2, 0.25) is 23.2 Å². The molecule has 1 saturated heterocycles. The standard InChI is InChI=1S/C35H41ClN2O8S/c1-20-17-24(39)29(33(42)35(20)34(43)30-25(44-2)19-26(45-3)31(36)32(30)46-35)23(21-10-12-22(47-4)13-11-21)18-27(40)37-14-8-16-38-15-7-5-6-9-28(38)41/h10-13,19-20,23,42H,5-9,14-18H2,1-4H3,(H,37,40). The largest absolute Gasteiger partial charge is 0.507 e. The highest BCUT2D eigenvalue weighted by Gasteiger charge is 2.61. The van der Waals surface area contributed by atoms with Crippen LogP contribution >= 0.6 is 23.4 Å². The molecule has 0 aromatic heterocycles. The van der Waals surface area contributed by atoms with E-state index in [1.54, 1.807) is 18.7 Å². The van der Waals surface area contributed by atoms with Gasteiger partial charge in [-0.3, -0.25) is 19.2 Å². The lowest BCUT2D eigenvalue weighted by molar-refractivity contribution is -0.130. The lowest BCUT2D eigenvalue weighted by Crippen LogP contribution is -2.53. The summed E-state index contributed by atoms with van der Waals surface area (Å²) in [6.07, 6.45) is 5.74.